The SMILES string of the molecule is CCN1C(=O)CC(c2cccc(Cl)c2)c2c1ccc1ccccc21. The predicted octanol–water partition coefficient (Wildman–Crippen LogP) is 5.38. The summed E-state index contributed by atoms with van der Waals surface area (Å²) in [6.45, 7) is 2.71. The van der Waals surface area contributed by atoms with Crippen LogP contribution in [-0.4, -0.2) is 12.5 Å². The number of carbonyl (C=O) groups excluding carboxylic acids is 1. The molecular weight excluding hydrogens is 318 g/mol. The summed E-state index contributed by atoms with van der Waals surface area (Å²) < 4.78 is 0. The number of hydrogen-bond donors (Lipinski definition) is 0. The van der Waals surface area contributed by atoms with Gasteiger partial charge in [0.1, 0.15) is 0 Å². The molecule has 0 spiro atoms. The topological polar surface area (TPSA) is 20.3 Å². The molecule has 4 rings (SSSR count). The van der Waals surface area contributed by atoms with Crippen LogP contribution in [-0.2, 0) is 4.79 Å². The molecule has 0 saturated heterocycles. The van der Waals surface area contributed by atoms with Gasteiger partial charge in [-0.25, -0.2) is 0 Å². The molecule has 1 unspecified atom stereocenters. The van der Waals surface area contributed by atoms with E-state index in [1.807, 2.05) is 30.0 Å². The maximum absolute atomic E-state index is 12.7. The molecule has 0 N–H and O–H groups in total. The van der Waals surface area contributed by atoms with Gasteiger partial charge in [0.15, 0.2) is 0 Å². The summed E-state index contributed by atoms with van der Waals surface area (Å²) in [6.07, 6.45) is 0.481. The van der Waals surface area contributed by atoms with Crippen molar-refractivity contribution >= 4 is 34.0 Å². The number of amides is 1. The Morgan fingerprint density at radius 1 is 1.08 bits per heavy atom. The van der Waals surface area contributed by atoms with Crippen LogP contribution < -0.4 is 4.90 Å². The molecule has 1 aliphatic rings. The van der Waals surface area contributed by atoms with Gasteiger partial charge in [0.25, 0.3) is 0 Å². The van der Waals surface area contributed by atoms with Crippen molar-refractivity contribution in [2.75, 3.05) is 11.4 Å². The van der Waals surface area contributed by atoms with E-state index in [1.165, 1.54) is 16.3 Å². The quantitative estimate of drug-likeness (QED) is 0.615. The van der Waals surface area contributed by atoms with Crippen molar-refractivity contribution in [2.24, 2.45) is 0 Å². The van der Waals surface area contributed by atoms with Crippen LogP contribution in [0.4, 0.5) is 5.69 Å². The maximum Gasteiger partial charge on any atom is 0.227 e. The zero-order valence-electron chi connectivity index (χ0n) is 13.5. The summed E-state index contributed by atoms with van der Waals surface area (Å²) in [6, 6.07) is 20.4. The Balaban J connectivity index is 2.01. The van der Waals surface area contributed by atoms with Gasteiger partial charge in [0.2, 0.25) is 5.91 Å². The minimum Gasteiger partial charge on any atom is -0.312 e. The van der Waals surface area contributed by atoms with Crippen LogP contribution in [0.25, 0.3) is 10.8 Å². The lowest BCUT2D eigenvalue weighted by molar-refractivity contribution is -0.119. The first-order chi connectivity index (χ1) is 11.7. The van der Waals surface area contributed by atoms with Gasteiger partial charge in [-0.3, -0.25) is 4.79 Å². The minimum atomic E-state index is 0.0418. The molecule has 0 aliphatic carbocycles. The zero-order valence-corrected chi connectivity index (χ0v) is 14.3. The molecule has 0 fully saturated rings. The lowest BCUT2D eigenvalue weighted by Gasteiger charge is -2.34. The molecule has 0 aromatic heterocycles. The highest BCUT2D eigenvalue weighted by molar-refractivity contribution is 6.30. The van der Waals surface area contributed by atoms with Gasteiger partial charge < -0.3 is 4.90 Å². The lowest BCUT2D eigenvalue weighted by Crippen LogP contribution is -2.36. The molecule has 3 heteroatoms. The van der Waals surface area contributed by atoms with Crippen LogP contribution in [0.5, 0.6) is 0 Å². The summed E-state index contributed by atoms with van der Waals surface area (Å²) in [5.41, 5.74) is 3.36. The molecule has 120 valence electrons. The normalized spacial score (nSPS) is 17.2. The third-order valence-corrected chi connectivity index (χ3v) is 5.07. The standard InChI is InChI=1S/C21H18ClNO/c1-2-23-19-11-10-14-6-3-4-9-17(14)21(19)18(13-20(23)24)15-7-5-8-16(22)12-15/h3-12,18H,2,13H2,1H3. The second-order valence-corrected chi connectivity index (χ2v) is 6.61. The molecule has 1 atom stereocenters. The Morgan fingerprint density at radius 3 is 2.71 bits per heavy atom. The molecule has 0 radical (unpaired) electrons. The summed E-state index contributed by atoms with van der Waals surface area (Å²) in [4.78, 5) is 14.6. The van der Waals surface area contributed by atoms with Crippen LogP contribution in [0.2, 0.25) is 5.02 Å². The number of rotatable bonds is 2. The molecule has 0 saturated carbocycles. The van der Waals surface area contributed by atoms with E-state index in [0.717, 1.165) is 11.3 Å². The van der Waals surface area contributed by atoms with Crippen molar-refractivity contribution in [3.63, 3.8) is 0 Å². The second kappa shape index (κ2) is 5.95. The van der Waals surface area contributed by atoms with Crippen molar-refractivity contribution in [3.05, 3.63) is 76.8 Å². The van der Waals surface area contributed by atoms with Crippen LogP contribution in [0, 0.1) is 0 Å². The van der Waals surface area contributed by atoms with E-state index in [-0.39, 0.29) is 11.8 Å². The number of benzene rings is 3. The Hall–Kier alpha value is -2.32. The number of nitrogens with zero attached hydrogens (tertiary/aromatic N) is 1. The summed E-state index contributed by atoms with van der Waals surface area (Å²) in [5, 5.41) is 3.12. The van der Waals surface area contributed by atoms with Gasteiger partial charge in [-0.1, -0.05) is 54.1 Å². The zero-order chi connectivity index (χ0) is 16.7. The highest BCUT2D eigenvalue weighted by atomic mass is 35.5. The average molecular weight is 336 g/mol. The summed E-state index contributed by atoms with van der Waals surface area (Å²) in [7, 11) is 0. The van der Waals surface area contributed by atoms with Crippen molar-refractivity contribution in [1.29, 1.82) is 0 Å². The monoisotopic (exact) mass is 335 g/mol. The first kappa shape index (κ1) is 15.2. The molecule has 3 aromatic rings. The van der Waals surface area contributed by atoms with Crippen molar-refractivity contribution in [1.82, 2.24) is 0 Å². The van der Waals surface area contributed by atoms with Gasteiger partial charge in [-0.05, 0) is 47.0 Å². The fraction of sp³-hybridized carbons (Fsp3) is 0.190. The molecule has 3 aromatic carbocycles. The number of hydrogen-bond acceptors (Lipinski definition) is 1. The highest BCUT2D eigenvalue weighted by Gasteiger charge is 2.32. The van der Waals surface area contributed by atoms with Gasteiger partial charge in [0, 0.05) is 29.6 Å². The van der Waals surface area contributed by atoms with E-state index in [9.17, 15) is 4.79 Å². The van der Waals surface area contributed by atoms with Gasteiger partial charge in [-0.15, -0.1) is 0 Å². The van der Waals surface area contributed by atoms with Crippen molar-refractivity contribution in [2.45, 2.75) is 19.3 Å². The molecule has 24 heavy (non-hydrogen) atoms. The fourth-order valence-corrected chi connectivity index (χ4v) is 3.96. The van der Waals surface area contributed by atoms with E-state index >= 15 is 0 Å². The molecule has 1 amide bonds. The Bertz CT molecular complexity index is 934. The largest absolute Gasteiger partial charge is 0.312 e. The molecule has 2 nitrogen and oxygen atoms in total. The van der Waals surface area contributed by atoms with Crippen LogP contribution >= 0.6 is 11.6 Å². The smallest absolute Gasteiger partial charge is 0.227 e. The Morgan fingerprint density at radius 2 is 1.92 bits per heavy atom. The number of halogens is 1. The third kappa shape index (κ3) is 2.38. The van der Waals surface area contributed by atoms with E-state index in [4.69, 9.17) is 11.6 Å². The molecular formula is C21H18ClNO. The second-order valence-electron chi connectivity index (χ2n) is 6.17. The van der Waals surface area contributed by atoms with Crippen molar-refractivity contribution in [3.8, 4) is 0 Å². The Labute approximate surface area is 146 Å². The predicted molar refractivity (Wildman–Crippen MR) is 99.9 cm³/mol. The van der Waals surface area contributed by atoms with Gasteiger partial charge in [0.05, 0.1) is 0 Å². The van der Waals surface area contributed by atoms with Crippen LogP contribution in [0.1, 0.15) is 30.4 Å². The minimum absolute atomic E-state index is 0.0418. The number of fused-ring (bicyclic) bond motifs is 3. The van der Waals surface area contributed by atoms with E-state index < -0.39 is 0 Å². The van der Waals surface area contributed by atoms with Gasteiger partial charge in [-0.2, -0.15) is 0 Å². The third-order valence-electron chi connectivity index (χ3n) is 4.83. The first-order valence-electron chi connectivity index (χ1n) is 8.26. The van der Waals surface area contributed by atoms with E-state index in [0.29, 0.717) is 18.0 Å². The Kier molecular flexibility index (Phi) is 3.78. The fourth-order valence-electron chi connectivity index (χ4n) is 3.76. The molecule has 1 aliphatic heterocycles. The van der Waals surface area contributed by atoms with E-state index in [1.54, 1.807) is 0 Å². The number of carbonyl (C=O) groups is 1. The van der Waals surface area contributed by atoms with Crippen LogP contribution in [0.3, 0.4) is 0 Å². The summed E-state index contributed by atoms with van der Waals surface area (Å²) in [5.74, 6) is 0.213. The van der Waals surface area contributed by atoms with Crippen molar-refractivity contribution < 1.29 is 4.79 Å². The van der Waals surface area contributed by atoms with Crippen LogP contribution in [0.15, 0.2) is 60.7 Å². The lowest BCUT2D eigenvalue weighted by atomic mass is 9.81. The van der Waals surface area contributed by atoms with E-state index in [2.05, 4.69) is 42.5 Å². The maximum atomic E-state index is 12.7. The highest BCUT2D eigenvalue weighted by Crippen LogP contribution is 2.44. The average Bonchev–Trinajstić information content (AvgIpc) is 2.60. The first-order valence-corrected chi connectivity index (χ1v) is 8.64. The molecule has 1 heterocycles. The number of anilines is 1. The summed E-state index contributed by atoms with van der Waals surface area (Å²) >= 11 is 6.21. The van der Waals surface area contributed by atoms with Gasteiger partial charge >= 0.3 is 0 Å². The molecule has 0 bridgehead atoms.